The molecule has 2 atom stereocenters. The summed E-state index contributed by atoms with van der Waals surface area (Å²) in [5, 5.41) is 21.1. The molecule has 0 spiro atoms. The Bertz CT molecular complexity index is 935. The maximum Gasteiger partial charge on any atom is 0.272 e. The SMILES string of the molecule is CC1SC(c2ccccc2O)N(NC(=O)c2cc([N+](=O)[O-])ccc2N)C1=O. The van der Waals surface area contributed by atoms with Gasteiger partial charge in [-0.15, -0.1) is 11.8 Å². The summed E-state index contributed by atoms with van der Waals surface area (Å²) in [5.74, 6) is -1.11. The van der Waals surface area contributed by atoms with Crippen LogP contribution in [0.2, 0.25) is 0 Å². The zero-order valence-corrected chi connectivity index (χ0v) is 15.0. The maximum absolute atomic E-state index is 12.6. The number of phenolic OH excluding ortho intramolecular Hbond substituents is 1. The third-order valence-corrected chi connectivity index (χ3v) is 5.40. The summed E-state index contributed by atoms with van der Waals surface area (Å²) >= 11 is 1.26. The van der Waals surface area contributed by atoms with E-state index in [9.17, 15) is 24.8 Å². The Balaban J connectivity index is 1.91. The molecule has 1 fully saturated rings. The van der Waals surface area contributed by atoms with Gasteiger partial charge in [-0.2, -0.15) is 0 Å². The highest BCUT2D eigenvalue weighted by molar-refractivity contribution is 8.01. The first kappa shape index (κ1) is 18.5. The lowest BCUT2D eigenvalue weighted by Crippen LogP contribution is -2.45. The van der Waals surface area contributed by atoms with Gasteiger partial charge in [0.2, 0.25) is 0 Å². The third kappa shape index (κ3) is 3.51. The van der Waals surface area contributed by atoms with E-state index >= 15 is 0 Å². The van der Waals surface area contributed by atoms with Gasteiger partial charge in [-0.05, 0) is 19.1 Å². The summed E-state index contributed by atoms with van der Waals surface area (Å²) in [7, 11) is 0. The van der Waals surface area contributed by atoms with Crippen LogP contribution in [-0.2, 0) is 4.79 Å². The number of anilines is 1. The zero-order chi connectivity index (χ0) is 19.7. The van der Waals surface area contributed by atoms with Gasteiger partial charge < -0.3 is 10.8 Å². The molecule has 1 saturated heterocycles. The van der Waals surface area contributed by atoms with Crippen molar-refractivity contribution in [3.63, 3.8) is 0 Å². The first-order valence-electron chi connectivity index (χ1n) is 7.91. The van der Waals surface area contributed by atoms with Crippen LogP contribution >= 0.6 is 11.8 Å². The number of amides is 2. The Morgan fingerprint density at radius 3 is 2.70 bits per heavy atom. The molecule has 1 aliphatic rings. The van der Waals surface area contributed by atoms with Crippen LogP contribution in [-0.4, -0.2) is 32.1 Å². The first-order valence-corrected chi connectivity index (χ1v) is 8.85. The molecule has 0 aromatic heterocycles. The largest absolute Gasteiger partial charge is 0.508 e. The van der Waals surface area contributed by atoms with Crippen molar-refractivity contribution in [2.24, 2.45) is 0 Å². The number of carbonyl (C=O) groups is 2. The molecule has 9 nitrogen and oxygen atoms in total. The van der Waals surface area contributed by atoms with Crippen molar-refractivity contribution in [1.29, 1.82) is 0 Å². The summed E-state index contributed by atoms with van der Waals surface area (Å²) < 4.78 is 0. The minimum Gasteiger partial charge on any atom is -0.508 e. The summed E-state index contributed by atoms with van der Waals surface area (Å²) in [6, 6.07) is 10.0. The predicted octanol–water partition coefficient (Wildman–Crippen LogP) is 2.19. The quantitative estimate of drug-likeness (QED) is 0.414. The standard InChI is InChI=1S/C17H16N4O5S/c1-9-16(24)20(17(27-9)11-4-2-3-5-14(11)22)19-15(23)12-8-10(21(25)26)6-7-13(12)18/h2-9,17,22H,18H2,1H3,(H,19,23). The summed E-state index contributed by atoms with van der Waals surface area (Å²) in [6.45, 7) is 1.69. The molecule has 2 aromatic rings. The Hall–Kier alpha value is -3.27. The molecule has 2 unspecified atom stereocenters. The first-order chi connectivity index (χ1) is 12.8. The van der Waals surface area contributed by atoms with E-state index < -0.39 is 21.5 Å². The smallest absolute Gasteiger partial charge is 0.272 e. The molecule has 2 amide bonds. The van der Waals surface area contributed by atoms with Crippen LogP contribution in [0.4, 0.5) is 11.4 Å². The molecule has 140 valence electrons. The van der Waals surface area contributed by atoms with Crippen LogP contribution in [0.5, 0.6) is 5.75 Å². The Labute approximate surface area is 158 Å². The molecular formula is C17H16N4O5S. The number of phenols is 1. The number of aromatic hydroxyl groups is 1. The van der Waals surface area contributed by atoms with Gasteiger partial charge in [-0.25, -0.2) is 5.01 Å². The number of benzene rings is 2. The van der Waals surface area contributed by atoms with Gasteiger partial charge in [0.25, 0.3) is 17.5 Å². The van der Waals surface area contributed by atoms with Gasteiger partial charge in [-0.1, -0.05) is 18.2 Å². The third-order valence-electron chi connectivity index (χ3n) is 4.07. The molecule has 4 N–H and O–H groups in total. The summed E-state index contributed by atoms with van der Waals surface area (Å²) in [4.78, 5) is 35.4. The number of nitro benzene ring substituents is 1. The Morgan fingerprint density at radius 1 is 1.33 bits per heavy atom. The van der Waals surface area contributed by atoms with E-state index in [1.807, 2.05) is 0 Å². The number of nitrogens with zero attached hydrogens (tertiary/aromatic N) is 2. The van der Waals surface area contributed by atoms with E-state index in [4.69, 9.17) is 5.73 Å². The minimum atomic E-state index is -0.750. The maximum atomic E-state index is 12.6. The van der Waals surface area contributed by atoms with Gasteiger partial charge in [0.15, 0.2) is 0 Å². The fraction of sp³-hybridized carbons (Fsp3) is 0.176. The average molecular weight is 388 g/mol. The predicted molar refractivity (Wildman–Crippen MR) is 99.7 cm³/mol. The number of thioether (sulfide) groups is 1. The molecule has 0 saturated carbocycles. The van der Waals surface area contributed by atoms with E-state index in [1.54, 1.807) is 25.1 Å². The average Bonchev–Trinajstić information content (AvgIpc) is 2.90. The molecule has 27 heavy (non-hydrogen) atoms. The van der Waals surface area contributed by atoms with Gasteiger partial charge >= 0.3 is 0 Å². The van der Waals surface area contributed by atoms with Crippen molar-refractivity contribution in [1.82, 2.24) is 10.4 Å². The topological polar surface area (TPSA) is 139 Å². The van der Waals surface area contributed by atoms with Crippen molar-refractivity contribution in [3.8, 4) is 5.75 Å². The van der Waals surface area contributed by atoms with Crippen LogP contribution in [0, 0.1) is 10.1 Å². The lowest BCUT2D eigenvalue weighted by molar-refractivity contribution is -0.384. The fourth-order valence-corrected chi connectivity index (χ4v) is 3.91. The number of nitrogen functional groups attached to an aromatic ring is 1. The van der Waals surface area contributed by atoms with Gasteiger partial charge in [0, 0.05) is 23.4 Å². The number of hydrazine groups is 1. The van der Waals surface area contributed by atoms with E-state index in [1.165, 1.54) is 30.0 Å². The minimum absolute atomic E-state index is 0.00832. The molecule has 10 heteroatoms. The van der Waals surface area contributed by atoms with E-state index in [0.29, 0.717) is 5.56 Å². The number of carbonyl (C=O) groups excluding carboxylic acids is 2. The van der Waals surface area contributed by atoms with Gasteiger partial charge in [0.1, 0.15) is 11.1 Å². The van der Waals surface area contributed by atoms with Gasteiger partial charge in [-0.3, -0.25) is 25.1 Å². The fourth-order valence-electron chi connectivity index (χ4n) is 2.67. The normalized spacial score (nSPS) is 19.1. The van der Waals surface area contributed by atoms with Crippen LogP contribution < -0.4 is 11.2 Å². The molecule has 0 bridgehead atoms. The second-order valence-electron chi connectivity index (χ2n) is 5.87. The van der Waals surface area contributed by atoms with Crippen molar-refractivity contribution in [2.75, 3.05) is 5.73 Å². The molecular weight excluding hydrogens is 372 g/mol. The molecule has 0 radical (unpaired) electrons. The number of nitro groups is 1. The number of hydrogen-bond donors (Lipinski definition) is 3. The van der Waals surface area contributed by atoms with Gasteiger partial charge in [0.05, 0.1) is 15.7 Å². The molecule has 3 rings (SSSR count). The van der Waals surface area contributed by atoms with Crippen LogP contribution in [0.3, 0.4) is 0 Å². The highest BCUT2D eigenvalue weighted by Gasteiger charge is 2.41. The second-order valence-corrected chi connectivity index (χ2v) is 7.29. The molecule has 1 heterocycles. The molecule has 0 aliphatic carbocycles. The Kier molecular flexibility index (Phi) is 4.91. The van der Waals surface area contributed by atoms with E-state index in [2.05, 4.69) is 5.43 Å². The van der Waals surface area contributed by atoms with E-state index in [-0.39, 0.29) is 28.6 Å². The van der Waals surface area contributed by atoms with Crippen LogP contribution in [0.15, 0.2) is 42.5 Å². The second kappa shape index (κ2) is 7.16. The number of non-ortho nitro benzene ring substituents is 1. The van der Waals surface area contributed by atoms with E-state index in [0.717, 1.165) is 11.1 Å². The number of nitrogens with two attached hydrogens (primary N) is 1. The van der Waals surface area contributed by atoms with Crippen molar-refractivity contribution in [2.45, 2.75) is 17.5 Å². The van der Waals surface area contributed by atoms with Crippen molar-refractivity contribution >= 4 is 35.0 Å². The Morgan fingerprint density at radius 2 is 2.04 bits per heavy atom. The molecule has 2 aromatic carbocycles. The van der Waals surface area contributed by atoms with Crippen molar-refractivity contribution < 1.29 is 19.6 Å². The highest BCUT2D eigenvalue weighted by Crippen LogP contribution is 2.44. The van der Waals surface area contributed by atoms with Crippen LogP contribution in [0.1, 0.15) is 28.2 Å². The summed E-state index contributed by atoms with van der Waals surface area (Å²) in [5.41, 5.74) is 8.34. The zero-order valence-electron chi connectivity index (χ0n) is 14.2. The lowest BCUT2D eigenvalue weighted by Gasteiger charge is -2.25. The number of rotatable bonds is 4. The van der Waals surface area contributed by atoms with Crippen LogP contribution in [0.25, 0.3) is 0 Å². The highest BCUT2D eigenvalue weighted by atomic mass is 32.2. The van der Waals surface area contributed by atoms with Crippen molar-refractivity contribution in [3.05, 3.63) is 63.7 Å². The number of hydrogen-bond acceptors (Lipinski definition) is 7. The monoisotopic (exact) mass is 388 g/mol. The number of nitrogens with one attached hydrogen (secondary N) is 1. The molecule has 1 aliphatic heterocycles. The lowest BCUT2D eigenvalue weighted by atomic mass is 10.1. The number of para-hydroxylation sites is 1. The summed E-state index contributed by atoms with van der Waals surface area (Å²) in [6.07, 6.45) is 0.